The van der Waals surface area contributed by atoms with E-state index in [-0.39, 0.29) is 0 Å². The number of esters is 2. The van der Waals surface area contributed by atoms with E-state index in [4.69, 9.17) is 32.7 Å². The highest BCUT2D eigenvalue weighted by Crippen LogP contribution is 2.39. The Bertz CT molecular complexity index is 962. The third-order valence-electron chi connectivity index (χ3n) is 5.00. The van der Waals surface area contributed by atoms with E-state index in [0.29, 0.717) is 21.2 Å². The lowest BCUT2D eigenvalue weighted by molar-refractivity contribution is -0.142. The number of hydrogen-bond donors (Lipinski definition) is 1. The summed E-state index contributed by atoms with van der Waals surface area (Å²) in [7, 11) is -2.19. The molecule has 0 amide bonds. The number of methoxy groups -OCH3 is 2. The molecule has 2 aromatic carbocycles. The van der Waals surface area contributed by atoms with Gasteiger partial charge in [-0.25, -0.2) is 8.42 Å². The van der Waals surface area contributed by atoms with Crippen LogP contribution < -0.4 is 5.32 Å². The van der Waals surface area contributed by atoms with Gasteiger partial charge in [0.05, 0.1) is 26.3 Å². The third kappa shape index (κ3) is 4.18. The molecule has 4 atom stereocenters. The summed E-state index contributed by atoms with van der Waals surface area (Å²) in [5.74, 6) is -1.96. The van der Waals surface area contributed by atoms with Crippen LogP contribution in [0.15, 0.2) is 48.5 Å². The molecule has 1 aliphatic rings. The number of ether oxygens (including phenoxy) is 2. The molecule has 0 radical (unpaired) electrons. The lowest BCUT2D eigenvalue weighted by Gasteiger charge is -2.40. The second-order valence-corrected chi connectivity index (χ2v) is 9.77. The highest BCUT2D eigenvalue weighted by molar-refractivity contribution is 7.94. The fourth-order valence-electron chi connectivity index (χ4n) is 3.56. The fraction of sp³-hybridized carbons (Fsp3) is 0.300. The largest absolute Gasteiger partial charge is 0.468 e. The van der Waals surface area contributed by atoms with Crippen LogP contribution in [0.3, 0.4) is 0 Å². The molecule has 1 heterocycles. The molecular formula is C20H19Cl2NO6S. The van der Waals surface area contributed by atoms with Gasteiger partial charge in [-0.05, 0) is 35.4 Å². The Morgan fingerprint density at radius 2 is 1.10 bits per heavy atom. The van der Waals surface area contributed by atoms with E-state index in [2.05, 4.69) is 5.32 Å². The Morgan fingerprint density at radius 1 is 0.767 bits per heavy atom. The first-order valence-electron chi connectivity index (χ1n) is 8.86. The number of halogens is 2. The minimum atomic E-state index is -4.38. The Labute approximate surface area is 184 Å². The van der Waals surface area contributed by atoms with Gasteiger partial charge in [0.1, 0.15) is 0 Å². The number of carbonyl (C=O) groups excluding carboxylic acids is 2. The van der Waals surface area contributed by atoms with Crippen LogP contribution in [0.5, 0.6) is 0 Å². The first-order valence-corrected chi connectivity index (χ1v) is 11.2. The molecule has 0 aliphatic carbocycles. The molecule has 0 spiro atoms. The van der Waals surface area contributed by atoms with Crippen molar-refractivity contribution in [3.63, 3.8) is 0 Å². The molecule has 0 saturated carbocycles. The molecule has 7 nitrogen and oxygen atoms in total. The molecule has 0 bridgehead atoms. The summed E-state index contributed by atoms with van der Waals surface area (Å²) in [6, 6.07) is 10.8. The van der Waals surface area contributed by atoms with Crippen LogP contribution in [-0.2, 0) is 28.9 Å². The van der Waals surface area contributed by atoms with Gasteiger partial charge in [-0.15, -0.1) is 0 Å². The highest BCUT2D eigenvalue weighted by Gasteiger charge is 2.56. The summed E-state index contributed by atoms with van der Waals surface area (Å²) in [4.78, 5) is 25.1. The molecule has 0 aromatic heterocycles. The summed E-state index contributed by atoms with van der Waals surface area (Å²) < 4.78 is 36.6. The van der Waals surface area contributed by atoms with E-state index < -0.39 is 44.4 Å². The fourth-order valence-corrected chi connectivity index (χ4v) is 6.09. The maximum absolute atomic E-state index is 13.5. The molecule has 1 N–H and O–H groups in total. The van der Waals surface area contributed by atoms with Gasteiger partial charge in [0.2, 0.25) is 0 Å². The number of sulfone groups is 1. The van der Waals surface area contributed by atoms with Gasteiger partial charge < -0.3 is 9.47 Å². The van der Waals surface area contributed by atoms with Crippen molar-refractivity contribution >= 4 is 45.0 Å². The minimum absolute atomic E-state index is 0.453. The minimum Gasteiger partial charge on any atom is -0.468 e. The highest BCUT2D eigenvalue weighted by atomic mass is 35.5. The van der Waals surface area contributed by atoms with Gasteiger partial charge in [0, 0.05) is 10.0 Å². The zero-order chi connectivity index (χ0) is 22.1. The SMILES string of the molecule is COC(=O)[C@H]1[C@@H](c2ccc(Cl)cc2)N[C@@H](c2ccc(Cl)cc2)[C@H](C(=O)OC)S1(=O)=O. The monoisotopic (exact) mass is 471 g/mol. The average Bonchev–Trinajstić information content (AvgIpc) is 2.72. The molecule has 1 fully saturated rings. The summed E-state index contributed by atoms with van der Waals surface area (Å²) in [5, 5.41) is 0.737. The Hall–Kier alpha value is -2.13. The normalized spacial score (nSPS) is 25.3. The van der Waals surface area contributed by atoms with Crippen molar-refractivity contribution in [3.8, 4) is 0 Å². The molecule has 0 unspecified atom stereocenters. The number of benzene rings is 2. The van der Waals surface area contributed by atoms with Crippen LogP contribution >= 0.6 is 23.2 Å². The van der Waals surface area contributed by atoms with Crippen molar-refractivity contribution in [2.45, 2.75) is 22.6 Å². The van der Waals surface area contributed by atoms with Crippen LogP contribution in [-0.4, -0.2) is 45.1 Å². The quantitative estimate of drug-likeness (QED) is 0.684. The molecule has 2 aromatic rings. The van der Waals surface area contributed by atoms with Crippen molar-refractivity contribution in [2.75, 3.05) is 14.2 Å². The van der Waals surface area contributed by atoms with Gasteiger partial charge in [-0.2, -0.15) is 0 Å². The Balaban J connectivity index is 2.20. The van der Waals surface area contributed by atoms with Crippen LogP contribution in [0.1, 0.15) is 23.2 Å². The van der Waals surface area contributed by atoms with E-state index in [1.807, 2.05) is 0 Å². The summed E-state index contributed by atoms with van der Waals surface area (Å²) >= 11 is 11.9. The number of hydrogen-bond acceptors (Lipinski definition) is 7. The molecule has 30 heavy (non-hydrogen) atoms. The van der Waals surface area contributed by atoms with Crippen molar-refractivity contribution in [1.82, 2.24) is 5.32 Å². The second kappa shape index (κ2) is 8.93. The van der Waals surface area contributed by atoms with Crippen LogP contribution in [0.2, 0.25) is 10.0 Å². The zero-order valence-corrected chi connectivity index (χ0v) is 18.4. The summed E-state index contributed by atoms with van der Waals surface area (Å²) in [5.41, 5.74) is 1.00. The molecule has 160 valence electrons. The predicted molar refractivity (Wildman–Crippen MR) is 112 cm³/mol. The third-order valence-corrected chi connectivity index (χ3v) is 7.85. The van der Waals surface area contributed by atoms with Gasteiger partial charge in [-0.3, -0.25) is 14.9 Å². The van der Waals surface area contributed by atoms with E-state index in [1.165, 1.54) is 0 Å². The van der Waals surface area contributed by atoms with Gasteiger partial charge in [0.15, 0.2) is 20.3 Å². The Morgan fingerprint density at radius 3 is 1.40 bits per heavy atom. The lowest BCUT2D eigenvalue weighted by atomic mass is 9.96. The summed E-state index contributed by atoms with van der Waals surface area (Å²) in [6.45, 7) is 0. The smallest absolute Gasteiger partial charge is 0.326 e. The standard InChI is InChI=1S/C20H19Cl2NO6S/c1-28-19(24)17-15(11-3-7-13(21)8-4-11)23-16(12-5-9-14(22)10-6-12)18(20(25)29-2)30(17,26)27/h3-10,15-18,23H,1-2H3/t15-,16+,17-,18-/m1/s1. The Kier molecular flexibility index (Phi) is 6.71. The van der Waals surface area contributed by atoms with Gasteiger partial charge in [0.25, 0.3) is 0 Å². The molecule has 1 aliphatic heterocycles. The first kappa shape index (κ1) is 22.6. The maximum Gasteiger partial charge on any atom is 0.326 e. The van der Waals surface area contributed by atoms with E-state index in [0.717, 1.165) is 14.2 Å². The first-order chi connectivity index (χ1) is 14.2. The van der Waals surface area contributed by atoms with E-state index in [9.17, 15) is 18.0 Å². The predicted octanol–water partition coefficient (Wildman–Crippen LogP) is 2.88. The maximum atomic E-state index is 13.5. The van der Waals surface area contributed by atoms with Crippen molar-refractivity contribution in [1.29, 1.82) is 0 Å². The zero-order valence-electron chi connectivity index (χ0n) is 16.0. The average molecular weight is 472 g/mol. The summed E-state index contributed by atoms with van der Waals surface area (Å²) in [6.07, 6.45) is 0. The van der Waals surface area contributed by atoms with Crippen molar-refractivity contribution in [3.05, 3.63) is 69.7 Å². The van der Waals surface area contributed by atoms with Crippen LogP contribution in [0, 0.1) is 0 Å². The number of rotatable bonds is 4. The molecule has 1 saturated heterocycles. The topological polar surface area (TPSA) is 98.8 Å². The van der Waals surface area contributed by atoms with Crippen LogP contribution in [0.4, 0.5) is 0 Å². The second-order valence-electron chi connectivity index (χ2n) is 6.70. The lowest BCUT2D eigenvalue weighted by Crippen LogP contribution is -2.59. The number of nitrogens with one attached hydrogen (secondary N) is 1. The van der Waals surface area contributed by atoms with Gasteiger partial charge in [-0.1, -0.05) is 47.5 Å². The molecule has 10 heteroatoms. The van der Waals surface area contributed by atoms with Gasteiger partial charge >= 0.3 is 11.9 Å². The molecular weight excluding hydrogens is 453 g/mol. The van der Waals surface area contributed by atoms with Crippen molar-refractivity contribution < 1.29 is 27.5 Å². The van der Waals surface area contributed by atoms with Crippen molar-refractivity contribution in [2.24, 2.45) is 0 Å². The number of carbonyl (C=O) groups is 2. The molecule has 3 rings (SSSR count). The van der Waals surface area contributed by atoms with Crippen LogP contribution in [0.25, 0.3) is 0 Å². The van der Waals surface area contributed by atoms with E-state index in [1.54, 1.807) is 48.5 Å². The van der Waals surface area contributed by atoms with E-state index >= 15 is 0 Å².